The van der Waals surface area contributed by atoms with E-state index in [9.17, 15) is 4.79 Å². The fourth-order valence-electron chi connectivity index (χ4n) is 2.52. The number of aryl methyl sites for hydroxylation is 1. The van der Waals surface area contributed by atoms with Crippen LogP contribution in [0, 0.1) is 6.92 Å². The maximum absolute atomic E-state index is 11.2. The highest BCUT2D eigenvalue weighted by atomic mass is 35.5. The summed E-state index contributed by atoms with van der Waals surface area (Å²) >= 11 is 5.96. The van der Waals surface area contributed by atoms with Crippen LogP contribution in [0.2, 0.25) is 5.02 Å². The number of carbonyl (C=O) groups is 1. The molecule has 0 saturated heterocycles. The van der Waals surface area contributed by atoms with Crippen LogP contribution in [0.1, 0.15) is 31.2 Å². The SMILES string of the molecule is Cc1cc(Cl)ccc1N(C)C1CCC(=O)CC1. The fraction of sp³-hybridized carbons (Fsp3) is 0.500. The topological polar surface area (TPSA) is 20.3 Å². The third kappa shape index (κ3) is 2.81. The van der Waals surface area contributed by atoms with Gasteiger partial charge in [-0.25, -0.2) is 0 Å². The lowest BCUT2D eigenvalue weighted by Gasteiger charge is -2.33. The average Bonchev–Trinajstić information content (AvgIpc) is 2.29. The summed E-state index contributed by atoms with van der Waals surface area (Å²) in [6.07, 6.45) is 3.39. The first-order valence-corrected chi connectivity index (χ1v) is 6.46. The molecule has 0 amide bonds. The minimum absolute atomic E-state index is 0.405. The number of hydrogen-bond donors (Lipinski definition) is 0. The molecule has 1 aliphatic carbocycles. The van der Waals surface area contributed by atoms with Crippen molar-refractivity contribution in [2.45, 2.75) is 38.6 Å². The van der Waals surface area contributed by atoms with Crippen molar-refractivity contribution in [1.82, 2.24) is 0 Å². The summed E-state index contributed by atoms with van der Waals surface area (Å²) in [5.41, 5.74) is 2.41. The zero-order chi connectivity index (χ0) is 12.4. The molecule has 0 unspecified atom stereocenters. The Kier molecular flexibility index (Phi) is 3.72. The van der Waals surface area contributed by atoms with Crippen LogP contribution in [0.5, 0.6) is 0 Å². The number of nitrogens with zero attached hydrogens (tertiary/aromatic N) is 1. The second-order valence-corrected chi connectivity index (χ2v) is 5.25. The summed E-state index contributed by atoms with van der Waals surface area (Å²) in [6, 6.07) is 6.46. The molecular weight excluding hydrogens is 234 g/mol. The molecule has 1 aliphatic rings. The van der Waals surface area contributed by atoms with Crippen LogP contribution in [0.4, 0.5) is 5.69 Å². The van der Waals surface area contributed by atoms with E-state index in [-0.39, 0.29) is 0 Å². The largest absolute Gasteiger partial charge is 0.371 e. The van der Waals surface area contributed by atoms with Crippen LogP contribution in [0.25, 0.3) is 0 Å². The molecule has 0 aliphatic heterocycles. The predicted octanol–water partition coefficient (Wildman–Crippen LogP) is 3.60. The lowest BCUT2D eigenvalue weighted by molar-refractivity contribution is -0.120. The molecule has 0 spiro atoms. The highest BCUT2D eigenvalue weighted by Crippen LogP contribution is 2.28. The van der Waals surface area contributed by atoms with Gasteiger partial charge in [0.15, 0.2) is 0 Å². The van der Waals surface area contributed by atoms with E-state index in [1.165, 1.54) is 11.3 Å². The van der Waals surface area contributed by atoms with Crippen LogP contribution in [0.15, 0.2) is 18.2 Å². The Balaban J connectivity index is 2.13. The van der Waals surface area contributed by atoms with Gasteiger partial charge in [0.05, 0.1) is 0 Å². The molecule has 0 atom stereocenters. The van der Waals surface area contributed by atoms with Crippen LogP contribution >= 0.6 is 11.6 Å². The van der Waals surface area contributed by atoms with Gasteiger partial charge in [0.1, 0.15) is 5.78 Å². The molecule has 0 bridgehead atoms. The molecule has 1 saturated carbocycles. The first kappa shape index (κ1) is 12.4. The Morgan fingerprint density at radius 2 is 1.94 bits per heavy atom. The van der Waals surface area contributed by atoms with Gasteiger partial charge in [-0.2, -0.15) is 0 Å². The normalized spacial score (nSPS) is 17.2. The molecule has 2 nitrogen and oxygen atoms in total. The monoisotopic (exact) mass is 251 g/mol. The van der Waals surface area contributed by atoms with Crippen molar-refractivity contribution in [1.29, 1.82) is 0 Å². The maximum Gasteiger partial charge on any atom is 0.133 e. The predicted molar refractivity (Wildman–Crippen MR) is 71.9 cm³/mol. The number of anilines is 1. The van der Waals surface area contributed by atoms with Crippen LogP contribution < -0.4 is 4.90 Å². The first-order chi connectivity index (χ1) is 8.08. The molecule has 0 heterocycles. The molecule has 2 rings (SSSR count). The smallest absolute Gasteiger partial charge is 0.133 e. The highest BCUT2D eigenvalue weighted by molar-refractivity contribution is 6.30. The van der Waals surface area contributed by atoms with E-state index in [2.05, 4.69) is 24.9 Å². The molecule has 0 N–H and O–H groups in total. The molecule has 3 heteroatoms. The molecule has 1 aromatic carbocycles. The minimum atomic E-state index is 0.405. The average molecular weight is 252 g/mol. The van der Waals surface area contributed by atoms with E-state index in [1.807, 2.05) is 12.1 Å². The highest BCUT2D eigenvalue weighted by Gasteiger charge is 2.23. The minimum Gasteiger partial charge on any atom is -0.371 e. The fourth-order valence-corrected chi connectivity index (χ4v) is 2.75. The van der Waals surface area contributed by atoms with Gasteiger partial charge in [-0.05, 0) is 43.5 Å². The van der Waals surface area contributed by atoms with Crippen molar-refractivity contribution in [2.24, 2.45) is 0 Å². The number of benzene rings is 1. The van der Waals surface area contributed by atoms with Gasteiger partial charge in [-0.1, -0.05) is 11.6 Å². The van der Waals surface area contributed by atoms with Gasteiger partial charge in [0.2, 0.25) is 0 Å². The molecule has 1 fully saturated rings. The zero-order valence-corrected chi connectivity index (χ0v) is 11.1. The number of hydrogen-bond acceptors (Lipinski definition) is 2. The summed E-state index contributed by atoms with van der Waals surface area (Å²) in [6.45, 7) is 2.08. The van der Waals surface area contributed by atoms with Crippen LogP contribution in [0.3, 0.4) is 0 Å². The Morgan fingerprint density at radius 1 is 1.29 bits per heavy atom. The van der Waals surface area contributed by atoms with Gasteiger partial charge < -0.3 is 4.90 Å². The number of halogens is 1. The summed E-state index contributed by atoms with van der Waals surface area (Å²) < 4.78 is 0. The Morgan fingerprint density at radius 3 is 2.53 bits per heavy atom. The Labute approximate surface area is 108 Å². The zero-order valence-electron chi connectivity index (χ0n) is 10.4. The summed E-state index contributed by atoms with van der Waals surface area (Å²) in [4.78, 5) is 13.5. The first-order valence-electron chi connectivity index (χ1n) is 6.08. The van der Waals surface area contributed by atoms with Gasteiger partial charge in [0.25, 0.3) is 0 Å². The summed E-state index contributed by atoms with van der Waals surface area (Å²) in [7, 11) is 2.11. The van der Waals surface area contributed by atoms with Crippen molar-refractivity contribution in [3.05, 3.63) is 28.8 Å². The third-order valence-electron chi connectivity index (χ3n) is 3.60. The second kappa shape index (κ2) is 5.09. The van der Waals surface area contributed by atoms with Crippen molar-refractivity contribution in [2.75, 3.05) is 11.9 Å². The third-order valence-corrected chi connectivity index (χ3v) is 3.83. The van der Waals surface area contributed by atoms with E-state index >= 15 is 0 Å². The number of rotatable bonds is 2. The van der Waals surface area contributed by atoms with Crippen molar-refractivity contribution in [3.8, 4) is 0 Å². The molecule has 0 aromatic heterocycles. The van der Waals surface area contributed by atoms with Crippen molar-refractivity contribution < 1.29 is 4.79 Å². The molecular formula is C14H18ClNO. The van der Waals surface area contributed by atoms with Crippen LogP contribution in [-0.2, 0) is 4.79 Å². The lowest BCUT2D eigenvalue weighted by atomic mass is 9.93. The van der Waals surface area contributed by atoms with Gasteiger partial charge in [-0.15, -0.1) is 0 Å². The van der Waals surface area contributed by atoms with E-state index in [0.717, 1.165) is 30.7 Å². The Hall–Kier alpha value is -1.02. The molecule has 0 radical (unpaired) electrons. The summed E-state index contributed by atoms with van der Waals surface area (Å²) in [5, 5.41) is 0.776. The van der Waals surface area contributed by atoms with E-state index in [1.54, 1.807) is 0 Å². The van der Waals surface area contributed by atoms with Crippen molar-refractivity contribution >= 4 is 23.1 Å². The Bertz CT molecular complexity index is 420. The number of ketones is 1. The number of carbonyl (C=O) groups excluding carboxylic acids is 1. The second-order valence-electron chi connectivity index (χ2n) is 4.81. The van der Waals surface area contributed by atoms with Gasteiger partial charge in [0, 0.05) is 36.6 Å². The van der Waals surface area contributed by atoms with Gasteiger partial charge in [-0.3, -0.25) is 4.79 Å². The van der Waals surface area contributed by atoms with E-state index in [0.29, 0.717) is 11.8 Å². The van der Waals surface area contributed by atoms with Crippen LogP contribution in [-0.4, -0.2) is 18.9 Å². The van der Waals surface area contributed by atoms with Crippen molar-refractivity contribution in [3.63, 3.8) is 0 Å². The molecule has 17 heavy (non-hydrogen) atoms. The maximum atomic E-state index is 11.2. The number of Topliss-reactive ketones (excluding diaryl/α,β-unsaturated/α-hetero) is 1. The van der Waals surface area contributed by atoms with Gasteiger partial charge >= 0.3 is 0 Å². The molecule has 92 valence electrons. The standard InChI is InChI=1S/C14H18ClNO/c1-10-9-11(15)3-8-14(10)16(2)12-4-6-13(17)7-5-12/h3,8-9,12H,4-7H2,1-2H3. The molecule has 1 aromatic rings. The summed E-state index contributed by atoms with van der Waals surface area (Å²) in [5.74, 6) is 0.405. The lowest BCUT2D eigenvalue weighted by Crippen LogP contribution is -2.35. The van der Waals surface area contributed by atoms with E-state index in [4.69, 9.17) is 11.6 Å². The van der Waals surface area contributed by atoms with E-state index < -0.39 is 0 Å². The quantitative estimate of drug-likeness (QED) is 0.801.